The lowest BCUT2D eigenvalue weighted by Crippen LogP contribution is -2.32. The molecule has 5 heteroatoms. The molecule has 0 spiro atoms. The minimum absolute atomic E-state index is 0.0456. The number of para-hydroxylation sites is 2. The first-order valence-corrected chi connectivity index (χ1v) is 8.46. The van der Waals surface area contributed by atoms with Crippen molar-refractivity contribution in [3.8, 4) is 0 Å². The van der Waals surface area contributed by atoms with E-state index >= 15 is 0 Å². The Morgan fingerprint density at radius 3 is 2.60 bits per heavy atom. The zero-order chi connectivity index (χ0) is 17.6. The summed E-state index contributed by atoms with van der Waals surface area (Å²) in [7, 11) is 1.61. The van der Waals surface area contributed by atoms with Gasteiger partial charge in [0.15, 0.2) is 0 Å². The van der Waals surface area contributed by atoms with Crippen molar-refractivity contribution in [1.29, 1.82) is 0 Å². The molecule has 1 amide bonds. The summed E-state index contributed by atoms with van der Waals surface area (Å²) in [6.45, 7) is 1.88. The highest BCUT2D eigenvalue weighted by Gasteiger charge is 2.20. The van der Waals surface area contributed by atoms with E-state index in [1.807, 2.05) is 49.4 Å². The molecule has 0 saturated heterocycles. The highest BCUT2D eigenvalue weighted by Crippen LogP contribution is 2.20. The van der Waals surface area contributed by atoms with Crippen molar-refractivity contribution in [1.82, 2.24) is 15.3 Å². The number of nitrogens with zero attached hydrogens (tertiary/aromatic N) is 1. The first-order chi connectivity index (χ1) is 12.2. The summed E-state index contributed by atoms with van der Waals surface area (Å²) >= 11 is 0. The summed E-state index contributed by atoms with van der Waals surface area (Å²) in [6, 6.07) is 17.8. The maximum Gasteiger partial charge on any atom is 0.223 e. The number of hydrogen-bond donors (Lipinski definition) is 2. The van der Waals surface area contributed by atoms with Gasteiger partial charge in [-0.3, -0.25) is 4.79 Å². The van der Waals surface area contributed by atoms with Gasteiger partial charge in [-0.25, -0.2) is 4.98 Å². The fraction of sp³-hybridized carbons (Fsp3) is 0.300. The first kappa shape index (κ1) is 17.2. The molecule has 0 fully saturated rings. The monoisotopic (exact) mass is 337 g/mol. The van der Waals surface area contributed by atoms with Crippen LogP contribution in [-0.4, -0.2) is 29.1 Å². The second-order valence-corrected chi connectivity index (χ2v) is 6.20. The van der Waals surface area contributed by atoms with E-state index in [-0.39, 0.29) is 18.1 Å². The number of ether oxygens (including phenoxy) is 1. The minimum atomic E-state index is -0.216. The molecule has 2 N–H and O–H groups in total. The van der Waals surface area contributed by atoms with Crippen LogP contribution in [0.25, 0.3) is 11.0 Å². The number of hydrogen-bond acceptors (Lipinski definition) is 3. The zero-order valence-electron chi connectivity index (χ0n) is 14.5. The van der Waals surface area contributed by atoms with Crippen molar-refractivity contribution in [2.45, 2.75) is 31.9 Å². The summed E-state index contributed by atoms with van der Waals surface area (Å²) < 4.78 is 5.19. The van der Waals surface area contributed by atoms with Gasteiger partial charge in [-0.2, -0.15) is 0 Å². The number of amides is 1. The van der Waals surface area contributed by atoms with E-state index in [1.165, 1.54) is 0 Å². The van der Waals surface area contributed by atoms with Crippen LogP contribution in [0.2, 0.25) is 0 Å². The number of nitrogens with one attached hydrogen (secondary N) is 2. The molecule has 2 atom stereocenters. The van der Waals surface area contributed by atoms with E-state index in [1.54, 1.807) is 7.11 Å². The van der Waals surface area contributed by atoms with E-state index in [9.17, 15) is 4.79 Å². The van der Waals surface area contributed by atoms with Crippen LogP contribution < -0.4 is 5.32 Å². The lowest BCUT2D eigenvalue weighted by Gasteiger charge is -2.18. The summed E-state index contributed by atoms with van der Waals surface area (Å²) in [6.07, 6.45) is 0.878. The lowest BCUT2D eigenvalue weighted by atomic mass is 10.1. The summed E-state index contributed by atoms with van der Waals surface area (Å²) in [4.78, 5) is 20.4. The number of aromatic nitrogens is 2. The number of imidazole rings is 1. The largest absolute Gasteiger partial charge is 0.381 e. The molecule has 0 aliphatic rings. The van der Waals surface area contributed by atoms with Gasteiger partial charge < -0.3 is 15.0 Å². The topological polar surface area (TPSA) is 67.0 Å². The molecular weight excluding hydrogens is 314 g/mol. The Balaban J connectivity index is 1.84. The number of benzene rings is 2. The average molecular weight is 337 g/mol. The number of H-pyrrole nitrogens is 1. The van der Waals surface area contributed by atoms with Gasteiger partial charge in [0.05, 0.1) is 29.6 Å². The van der Waals surface area contributed by atoms with Crippen molar-refractivity contribution in [2.24, 2.45) is 0 Å². The van der Waals surface area contributed by atoms with Crippen LogP contribution in [-0.2, 0) is 16.0 Å². The van der Waals surface area contributed by atoms with Crippen molar-refractivity contribution < 1.29 is 9.53 Å². The molecule has 3 rings (SSSR count). The highest BCUT2D eigenvalue weighted by atomic mass is 16.5. The van der Waals surface area contributed by atoms with Crippen LogP contribution >= 0.6 is 0 Å². The third-order valence-electron chi connectivity index (χ3n) is 4.23. The van der Waals surface area contributed by atoms with E-state index in [2.05, 4.69) is 27.4 Å². The van der Waals surface area contributed by atoms with Gasteiger partial charge in [0.1, 0.15) is 5.82 Å². The molecule has 130 valence electrons. The van der Waals surface area contributed by atoms with Crippen LogP contribution in [0, 0.1) is 0 Å². The fourth-order valence-electron chi connectivity index (χ4n) is 2.80. The molecule has 2 aromatic carbocycles. The van der Waals surface area contributed by atoms with E-state index in [4.69, 9.17) is 4.74 Å². The summed E-state index contributed by atoms with van der Waals surface area (Å²) in [5.41, 5.74) is 3.01. The zero-order valence-corrected chi connectivity index (χ0v) is 14.5. The number of rotatable bonds is 7. The Morgan fingerprint density at radius 2 is 1.88 bits per heavy atom. The van der Waals surface area contributed by atoms with Crippen molar-refractivity contribution in [2.75, 3.05) is 7.11 Å². The predicted octanol–water partition coefficient (Wildman–Crippen LogP) is 3.39. The molecule has 1 heterocycles. The molecule has 0 saturated carbocycles. The molecule has 0 aliphatic heterocycles. The molecule has 25 heavy (non-hydrogen) atoms. The van der Waals surface area contributed by atoms with Gasteiger partial charge >= 0.3 is 0 Å². The van der Waals surface area contributed by atoms with Crippen molar-refractivity contribution in [3.05, 3.63) is 66.0 Å². The Kier molecular flexibility index (Phi) is 5.46. The summed E-state index contributed by atoms with van der Waals surface area (Å²) in [5.74, 6) is 0.721. The number of fused-ring (bicyclic) bond motifs is 1. The number of carbonyl (C=O) groups is 1. The molecule has 1 aromatic heterocycles. The summed E-state index contributed by atoms with van der Waals surface area (Å²) in [5, 5.41) is 3.10. The maximum absolute atomic E-state index is 12.4. The van der Waals surface area contributed by atoms with Gasteiger partial charge in [0, 0.05) is 7.11 Å². The van der Waals surface area contributed by atoms with Crippen LogP contribution in [0.1, 0.15) is 30.8 Å². The van der Waals surface area contributed by atoms with Gasteiger partial charge in [0.25, 0.3) is 0 Å². The van der Waals surface area contributed by atoms with Crippen LogP contribution in [0.5, 0.6) is 0 Å². The van der Waals surface area contributed by atoms with Crippen molar-refractivity contribution in [3.63, 3.8) is 0 Å². The van der Waals surface area contributed by atoms with Gasteiger partial charge in [0.2, 0.25) is 5.91 Å². The normalized spacial score (nSPS) is 13.5. The molecule has 3 aromatic rings. The molecule has 0 bridgehead atoms. The third-order valence-corrected chi connectivity index (χ3v) is 4.23. The number of carbonyl (C=O) groups excluding carboxylic acids is 1. The molecular formula is C20H23N3O2. The maximum atomic E-state index is 12.4. The third kappa shape index (κ3) is 4.45. The number of aromatic amines is 1. The Hall–Kier alpha value is -2.66. The fourth-order valence-corrected chi connectivity index (χ4v) is 2.80. The smallest absolute Gasteiger partial charge is 0.223 e. The van der Waals surface area contributed by atoms with E-state index in [0.29, 0.717) is 12.8 Å². The van der Waals surface area contributed by atoms with Gasteiger partial charge in [-0.1, -0.05) is 42.5 Å². The number of methoxy groups -OCH3 is 1. The van der Waals surface area contributed by atoms with Crippen molar-refractivity contribution >= 4 is 16.9 Å². The second-order valence-electron chi connectivity index (χ2n) is 6.20. The second kappa shape index (κ2) is 7.94. The Labute approximate surface area is 147 Å². The lowest BCUT2D eigenvalue weighted by molar-refractivity contribution is -0.124. The standard InChI is InChI=1S/C20H23N3O2/c1-14(25-2)12-19(24)21-18(13-15-8-4-3-5-9-15)20-22-16-10-6-7-11-17(16)23-20/h3-11,14,18H,12-13H2,1-2H3,(H,21,24)(H,22,23)/t14-,18-/m0/s1. The van der Waals surface area contributed by atoms with Gasteiger partial charge in [-0.05, 0) is 31.0 Å². The Morgan fingerprint density at radius 1 is 1.16 bits per heavy atom. The highest BCUT2D eigenvalue weighted by molar-refractivity contribution is 5.78. The molecule has 0 radical (unpaired) electrons. The van der Waals surface area contributed by atoms with Crippen LogP contribution in [0.3, 0.4) is 0 Å². The first-order valence-electron chi connectivity index (χ1n) is 8.46. The SMILES string of the molecule is CO[C@@H](C)CC(=O)N[C@@H](Cc1ccccc1)c1nc2ccccc2[nH]1. The average Bonchev–Trinajstić information content (AvgIpc) is 3.06. The molecule has 5 nitrogen and oxygen atoms in total. The van der Waals surface area contributed by atoms with Crippen LogP contribution in [0.4, 0.5) is 0 Å². The van der Waals surface area contributed by atoms with E-state index in [0.717, 1.165) is 22.4 Å². The quantitative estimate of drug-likeness (QED) is 0.694. The minimum Gasteiger partial charge on any atom is -0.381 e. The van der Waals surface area contributed by atoms with Crippen LogP contribution in [0.15, 0.2) is 54.6 Å². The molecule has 0 aliphatic carbocycles. The van der Waals surface area contributed by atoms with E-state index < -0.39 is 0 Å². The molecule has 0 unspecified atom stereocenters. The van der Waals surface area contributed by atoms with Gasteiger partial charge in [-0.15, -0.1) is 0 Å². The Bertz CT molecular complexity index is 796. The predicted molar refractivity (Wildman–Crippen MR) is 98.2 cm³/mol.